The van der Waals surface area contributed by atoms with Crippen LogP contribution >= 0.6 is 0 Å². The summed E-state index contributed by atoms with van der Waals surface area (Å²) in [5.41, 5.74) is 2.83. The number of fused-ring (bicyclic) bond motifs is 1. The summed E-state index contributed by atoms with van der Waals surface area (Å²) in [5, 5.41) is 4.43. The molecular weight excluding hydrogens is 202 g/mol. The highest BCUT2D eigenvalue weighted by Crippen LogP contribution is 2.20. The van der Waals surface area contributed by atoms with Gasteiger partial charge in [-0.2, -0.15) is 5.10 Å². The van der Waals surface area contributed by atoms with Gasteiger partial charge in [-0.05, 0) is 6.07 Å². The SMILES string of the molecule is C#CCn1ccn2nc(-c3ccoc3)cc12. The van der Waals surface area contributed by atoms with Gasteiger partial charge < -0.3 is 8.98 Å². The molecule has 3 aromatic rings. The quantitative estimate of drug-likeness (QED) is 0.608. The third-order valence-electron chi connectivity index (χ3n) is 2.48. The zero-order valence-electron chi connectivity index (χ0n) is 8.50. The van der Waals surface area contributed by atoms with Crippen LogP contribution in [0.1, 0.15) is 0 Å². The van der Waals surface area contributed by atoms with Crippen LogP contribution in [-0.2, 0) is 6.54 Å². The molecule has 0 saturated heterocycles. The van der Waals surface area contributed by atoms with Crippen molar-refractivity contribution in [2.24, 2.45) is 0 Å². The number of hydrogen-bond acceptors (Lipinski definition) is 2. The first-order valence-corrected chi connectivity index (χ1v) is 4.89. The highest BCUT2D eigenvalue weighted by atomic mass is 16.3. The molecule has 0 amide bonds. The van der Waals surface area contributed by atoms with Crippen molar-refractivity contribution in [1.82, 2.24) is 14.2 Å². The van der Waals surface area contributed by atoms with Crippen molar-refractivity contribution >= 4 is 5.65 Å². The van der Waals surface area contributed by atoms with Crippen molar-refractivity contribution in [2.75, 3.05) is 0 Å². The molecule has 0 N–H and O–H groups in total. The van der Waals surface area contributed by atoms with Crippen LogP contribution in [0.2, 0.25) is 0 Å². The first-order valence-electron chi connectivity index (χ1n) is 4.89. The first-order chi connectivity index (χ1) is 7.88. The predicted octanol–water partition coefficient (Wildman–Crippen LogP) is 2.03. The van der Waals surface area contributed by atoms with Crippen molar-refractivity contribution in [3.05, 3.63) is 37.1 Å². The van der Waals surface area contributed by atoms with Crippen LogP contribution in [0.15, 0.2) is 41.5 Å². The van der Waals surface area contributed by atoms with Crippen LogP contribution in [0, 0.1) is 12.3 Å². The van der Waals surface area contributed by atoms with Gasteiger partial charge in [-0.3, -0.25) is 0 Å². The Morgan fingerprint density at radius 1 is 1.44 bits per heavy atom. The molecule has 0 saturated carbocycles. The van der Waals surface area contributed by atoms with Gasteiger partial charge in [-0.15, -0.1) is 6.42 Å². The zero-order valence-corrected chi connectivity index (χ0v) is 8.50. The fourth-order valence-corrected chi connectivity index (χ4v) is 1.71. The lowest BCUT2D eigenvalue weighted by Crippen LogP contribution is -1.92. The van der Waals surface area contributed by atoms with Gasteiger partial charge in [0, 0.05) is 24.0 Å². The van der Waals surface area contributed by atoms with Crippen LogP contribution in [-0.4, -0.2) is 14.2 Å². The molecule has 3 rings (SSSR count). The summed E-state index contributed by atoms with van der Waals surface area (Å²) in [6.07, 6.45) is 12.4. The van der Waals surface area contributed by atoms with E-state index in [1.165, 1.54) is 0 Å². The van der Waals surface area contributed by atoms with Crippen molar-refractivity contribution in [2.45, 2.75) is 6.54 Å². The molecule has 0 aliphatic rings. The van der Waals surface area contributed by atoms with E-state index in [4.69, 9.17) is 10.8 Å². The van der Waals surface area contributed by atoms with Gasteiger partial charge in [0.25, 0.3) is 0 Å². The summed E-state index contributed by atoms with van der Waals surface area (Å²) in [7, 11) is 0. The molecule has 0 spiro atoms. The Hall–Kier alpha value is -2.41. The second-order valence-electron chi connectivity index (χ2n) is 3.47. The maximum absolute atomic E-state index is 5.30. The zero-order chi connectivity index (χ0) is 11.0. The topological polar surface area (TPSA) is 35.4 Å². The molecule has 16 heavy (non-hydrogen) atoms. The molecule has 0 bridgehead atoms. The van der Waals surface area contributed by atoms with E-state index >= 15 is 0 Å². The van der Waals surface area contributed by atoms with E-state index in [0.717, 1.165) is 16.9 Å². The molecule has 3 heterocycles. The summed E-state index contributed by atoms with van der Waals surface area (Å²) in [5.74, 6) is 2.61. The van der Waals surface area contributed by atoms with Crippen LogP contribution < -0.4 is 0 Å². The summed E-state index contributed by atoms with van der Waals surface area (Å²) in [6, 6.07) is 3.87. The van der Waals surface area contributed by atoms with Gasteiger partial charge in [0.05, 0.1) is 24.8 Å². The Morgan fingerprint density at radius 3 is 3.12 bits per heavy atom. The van der Waals surface area contributed by atoms with Crippen LogP contribution in [0.3, 0.4) is 0 Å². The van der Waals surface area contributed by atoms with E-state index in [-0.39, 0.29) is 0 Å². The second-order valence-corrected chi connectivity index (χ2v) is 3.47. The predicted molar refractivity (Wildman–Crippen MR) is 59.7 cm³/mol. The van der Waals surface area contributed by atoms with Gasteiger partial charge in [0.2, 0.25) is 0 Å². The number of rotatable bonds is 2. The lowest BCUT2D eigenvalue weighted by molar-refractivity contribution is 0.568. The number of terminal acetylenes is 1. The van der Waals surface area contributed by atoms with E-state index in [9.17, 15) is 0 Å². The van der Waals surface area contributed by atoms with E-state index < -0.39 is 0 Å². The van der Waals surface area contributed by atoms with Crippen LogP contribution in [0.5, 0.6) is 0 Å². The Balaban J connectivity index is 2.14. The highest BCUT2D eigenvalue weighted by Gasteiger charge is 2.08. The van der Waals surface area contributed by atoms with Crippen LogP contribution in [0.25, 0.3) is 16.9 Å². The van der Waals surface area contributed by atoms with Gasteiger partial charge in [0.1, 0.15) is 5.65 Å². The average molecular weight is 211 g/mol. The minimum Gasteiger partial charge on any atom is -0.472 e. The van der Waals surface area contributed by atoms with Crippen molar-refractivity contribution in [3.8, 4) is 23.6 Å². The molecule has 0 fully saturated rings. The summed E-state index contributed by atoms with van der Waals surface area (Å²) in [4.78, 5) is 0. The molecule has 0 radical (unpaired) electrons. The molecule has 0 aromatic carbocycles. The number of hydrogen-bond donors (Lipinski definition) is 0. The van der Waals surface area contributed by atoms with Crippen molar-refractivity contribution < 1.29 is 4.42 Å². The highest BCUT2D eigenvalue weighted by molar-refractivity contribution is 5.63. The Morgan fingerprint density at radius 2 is 2.38 bits per heavy atom. The fourth-order valence-electron chi connectivity index (χ4n) is 1.71. The number of aromatic nitrogens is 3. The Bertz CT molecular complexity index is 652. The summed E-state index contributed by atoms with van der Waals surface area (Å²) >= 11 is 0. The Kier molecular flexibility index (Phi) is 1.84. The Labute approximate surface area is 92.1 Å². The maximum Gasteiger partial charge on any atom is 0.137 e. The molecule has 0 unspecified atom stereocenters. The maximum atomic E-state index is 5.30. The third-order valence-corrected chi connectivity index (χ3v) is 2.48. The van der Waals surface area contributed by atoms with Gasteiger partial charge in [-0.1, -0.05) is 5.92 Å². The fraction of sp³-hybridized carbons (Fsp3) is 0.0833. The van der Waals surface area contributed by atoms with E-state index in [1.807, 2.05) is 29.1 Å². The molecule has 0 atom stereocenters. The molecule has 78 valence electrons. The van der Waals surface area contributed by atoms with E-state index in [2.05, 4.69) is 11.0 Å². The van der Waals surface area contributed by atoms with Crippen molar-refractivity contribution in [3.63, 3.8) is 0 Å². The van der Waals surface area contributed by atoms with E-state index in [0.29, 0.717) is 6.54 Å². The smallest absolute Gasteiger partial charge is 0.137 e. The lowest BCUT2D eigenvalue weighted by atomic mass is 10.2. The molecular formula is C12H9N3O. The standard InChI is InChI=1S/C12H9N3O/c1-2-4-14-5-6-15-12(14)8-11(13-15)10-3-7-16-9-10/h1,3,5-9H,4H2. The minimum atomic E-state index is 0.549. The largest absolute Gasteiger partial charge is 0.472 e. The number of nitrogens with zero attached hydrogens (tertiary/aromatic N) is 3. The first kappa shape index (κ1) is 8.86. The van der Waals surface area contributed by atoms with Crippen LogP contribution in [0.4, 0.5) is 0 Å². The summed E-state index contributed by atoms with van der Waals surface area (Å²) in [6.45, 7) is 0.549. The minimum absolute atomic E-state index is 0.549. The van der Waals surface area contributed by atoms with Gasteiger partial charge in [-0.25, -0.2) is 4.52 Å². The normalized spacial score (nSPS) is 10.7. The average Bonchev–Trinajstić information content (AvgIpc) is 2.93. The molecule has 0 aliphatic carbocycles. The van der Waals surface area contributed by atoms with Crippen molar-refractivity contribution in [1.29, 1.82) is 0 Å². The second kappa shape index (κ2) is 3.31. The number of imidazole rings is 1. The monoisotopic (exact) mass is 211 g/mol. The number of furan rings is 1. The molecule has 3 aromatic heterocycles. The molecule has 4 heteroatoms. The van der Waals surface area contributed by atoms with Gasteiger partial charge >= 0.3 is 0 Å². The van der Waals surface area contributed by atoms with Gasteiger partial charge in [0.15, 0.2) is 0 Å². The van der Waals surface area contributed by atoms with E-state index in [1.54, 1.807) is 17.0 Å². The summed E-state index contributed by atoms with van der Waals surface area (Å²) < 4.78 is 8.80. The third kappa shape index (κ3) is 1.22. The molecule has 4 nitrogen and oxygen atoms in total. The molecule has 0 aliphatic heterocycles. The lowest BCUT2D eigenvalue weighted by Gasteiger charge is -1.93.